The highest BCUT2D eigenvalue weighted by atomic mass is 16.6. The molecule has 2 amide bonds. The maximum atomic E-state index is 13.0. The van der Waals surface area contributed by atoms with Crippen LogP contribution in [0.5, 0.6) is 5.75 Å². The standard InChI is InChI=1S/C27H27N3O7/c31-26(36-19-22-9-5-2-6-10-22)28-15-16-29(24(17-28)20-35-18-21-7-3-1-4-8-21)27(32)37-25-13-11-23(12-14-25)30(33)34/h1-14,24H,15-20H2/t24-/m0/s1. The number of amides is 2. The molecule has 0 spiro atoms. The lowest BCUT2D eigenvalue weighted by Gasteiger charge is -2.39. The number of nitro groups is 1. The molecule has 0 N–H and O–H groups in total. The summed E-state index contributed by atoms with van der Waals surface area (Å²) in [5.41, 5.74) is 1.76. The summed E-state index contributed by atoms with van der Waals surface area (Å²) in [6, 6.07) is 23.8. The van der Waals surface area contributed by atoms with Crippen LogP contribution in [-0.2, 0) is 22.7 Å². The van der Waals surface area contributed by atoms with Crippen molar-refractivity contribution >= 4 is 17.9 Å². The minimum atomic E-state index is -0.625. The summed E-state index contributed by atoms with van der Waals surface area (Å²) in [5, 5.41) is 10.9. The Balaban J connectivity index is 1.39. The second-order valence-corrected chi connectivity index (χ2v) is 8.45. The van der Waals surface area contributed by atoms with Gasteiger partial charge in [0.05, 0.1) is 24.2 Å². The summed E-state index contributed by atoms with van der Waals surface area (Å²) < 4.78 is 16.8. The molecule has 0 aromatic heterocycles. The zero-order chi connectivity index (χ0) is 26.0. The molecule has 1 aliphatic rings. The van der Waals surface area contributed by atoms with Crippen molar-refractivity contribution in [3.63, 3.8) is 0 Å². The summed E-state index contributed by atoms with van der Waals surface area (Å²) >= 11 is 0. The SMILES string of the molecule is O=C(OCc1ccccc1)N1CCN(C(=O)Oc2ccc([N+](=O)[O-])cc2)[C@H](COCc2ccccc2)C1. The number of carbonyl (C=O) groups is 2. The lowest BCUT2D eigenvalue weighted by atomic mass is 10.2. The highest BCUT2D eigenvalue weighted by Gasteiger charge is 2.34. The Morgan fingerprint density at radius 1 is 0.838 bits per heavy atom. The second-order valence-electron chi connectivity index (χ2n) is 8.45. The van der Waals surface area contributed by atoms with E-state index < -0.39 is 23.2 Å². The van der Waals surface area contributed by atoms with Crippen LogP contribution in [0.3, 0.4) is 0 Å². The molecule has 1 aliphatic heterocycles. The van der Waals surface area contributed by atoms with Gasteiger partial charge in [0.2, 0.25) is 0 Å². The molecule has 0 aliphatic carbocycles. The van der Waals surface area contributed by atoms with Gasteiger partial charge in [-0.05, 0) is 23.3 Å². The van der Waals surface area contributed by atoms with Crippen molar-refractivity contribution in [1.82, 2.24) is 9.80 Å². The molecule has 3 aromatic carbocycles. The first-order valence-electron chi connectivity index (χ1n) is 11.8. The third-order valence-electron chi connectivity index (χ3n) is 5.86. The number of hydrogen-bond acceptors (Lipinski definition) is 7. The zero-order valence-corrected chi connectivity index (χ0v) is 20.1. The number of carbonyl (C=O) groups excluding carboxylic acids is 2. The van der Waals surface area contributed by atoms with Crippen LogP contribution in [0.15, 0.2) is 84.9 Å². The molecule has 1 heterocycles. The smallest absolute Gasteiger partial charge is 0.415 e. The van der Waals surface area contributed by atoms with E-state index in [0.29, 0.717) is 6.61 Å². The molecular formula is C27H27N3O7. The number of rotatable bonds is 8. The van der Waals surface area contributed by atoms with Crippen LogP contribution in [-0.4, -0.2) is 59.2 Å². The van der Waals surface area contributed by atoms with Crippen LogP contribution in [0.1, 0.15) is 11.1 Å². The third kappa shape index (κ3) is 7.28. The maximum Gasteiger partial charge on any atom is 0.415 e. The Hall–Kier alpha value is -4.44. The molecule has 3 aromatic rings. The fourth-order valence-corrected chi connectivity index (χ4v) is 3.90. The van der Waals surface area contributed by atoms with Gasteiger partial charge in [-0.3, -0.25) is 15.0 Å². The number of hydrogen-bond donors (Lipinski definition) is 0. The number of piperazine rings is 1. The van der Waals surface area contributed by atoms with Gasteiger partial charge in [-0.25, -0.2) is 9.59 Å². The van der Waals surface area contributed by atoms with Crippen LogP contribution in [0.25, 0.3) is 0 Å². The van der Waals surface area contributed by atoms with E-state index in [2.05, 4.69) is 0 Å². The van der Waals surface area contributed by atoms with E-state index in [1.165, 1.54) is 29.2 Å². The van der Waals surface area contributed by atoms with Gasteiger partial charge >= 0.3 is 12.2 Å². The first kappa shape index (κ1) is 25.6. The average molecular weight is 506 g/mol. The van der Waals surface area contributed by atoms with Crippen molar-refractivity contribution in [2.45, 2.75) is 19.3 Å². The molecule has 4 rings (SSSR count). The van der Waals surface area contributed by atoms with E-state index in [0.717, 1.165) is 11.1 Å². The molecule has 10 nitrogen and oxygen atoms in total. The monoisotopic (exact) mass is 505 g/mol. The zero-order valence-electron chi connectivity index (χ0n) is 20.1. The van der Waals surface area contributed by atoms with Gasteiger partial charge in [-0.2, -0.15) is 0 Å². The van der Waals surface area contributed by atoms with Crippen molar-refractivity contribution in [2.75, 3.05) is 26.2 Å². The molecule has 37 heavy (non-hydrogen) atoms. The number of nitro benzene ring substituents is 1. The van der Waals surface area contributed by atoms with E-state index >= 15 is 0 Å². The Morgan fingerprint density at radius 2 is 1.46 bits per heavy atom. The first-order chi connectivity index (χ1) is 18.0. The maximum absolute atomic E-state index is 13.0. The van der Waals surface area contributed by atoms with Crippen molar-refractivity contribution < 1.29 is 28.7 Å². The molecular weight excluding hydrogens is 478 g/mol. The molecule has 0 bridgehead atoms. The minimum absolute atomic E-state index is 0.102. The summed E-state index contributed by atoms with van der Waals surface area (Å²) in [5.74, 6) is 0.184. The van der Waals surface area contributed by atoms with Gasteiger partial charge < -0.3 is 19.1 Å². The van der Waals surface area contributed by atoms with E-state index in [1.807, 2.05) is 60.7 Å². The van der Waals surface area contributed by atoms with E-state index in [9.17, 15) is 19.7 Å². The quantitative estimate of drug-likeness (QED) is 0.324. The normalized spacial score (nSPS) is 15.2. The molecule has 0 saturated carbocycles. The highest BCUT2D eigenvalue weighted by Crippen LogP contribution is 2.20. The van der Waals surface area contributed by atoms with Crippen LogP contribution in [0.2, 0.25) is 0 Å². The van der Waals surface area contributed by atoms with Crippen LogP contribution in [0.4, 0.5) is 15.3 Å². The average Bonchev–Trinajstić information content (AvgIpc) is 2.93. The number of nitrogens with zero attached hydrogens (tertiary/aromatic N) is 3. The lowest BCUT2D eigenvalue weighted by molar-refractivity contribution is -0.384. The summed E-state index contributed by atoms with van der Waals surface area (Å²) in [6.07, 6.45) is -1.10. The number of non-ortho nitro benzene ring substituents is 1. The van der Waals surface area contributed by atoms with Gasteiger partial charge in [-0.15, -0.1) is 0 Å². The highest BCUT2D eigenvalue weighted by molar-refractivity contribution is 5.72. The van der Waals surface area contributed by atoms with E-state index in [-0.39, 0.29) is 44.3 Å². The van der Waals surface area contributed by atoms with Crippen molar-refractivity contribution in [3.05, 3.63) is 106 Å². The largest absolute Gasteiger partial charge is 0.445 e. The van der Waals surface area contributed by atoms with Crippen LogP contribution >= 0.6 is 0 Å². The topological polar surface area (TPSA) is 111 Å². The fourth-order valence-electron chi connectivity index (χ4n) is 3.90. The Bertz CT molecular complexity index is 1190. The summed E-state index contributed by atoms with van der Waals surface area (Å²) in [4.78, 5) is 39.1. The number of benzene rings is 3. The van der Waals surface area contributed by atoms with Gasteiger partial charge in [0, 0.05) is 31.8 Å². The van der Waals surface area contributed by atoms with Crippen LogP contribution in [0, 0.1) is 10.1 Å². The van der Waals surface area contributed by atoms with Gasteiger partial charge in [0.25, 0.3) is 5.69 Å². The third-order valence-corrected chi connectivity index (χ3v) is 5.86. The molecule has 192 valence electrons. The van der Waals surface area contributed by atoms with Crippen molar-refractivity contribution in [3.8, 4) is 5.75 Å². The molecule has 1 saturated heterocycles. The Kier molecular flexibility index (Phi) is 8.66. The van der Waals surface area contributed by atoms with E-state index in [4.69, 9.17) is 14.2 Å². The Morgan fingerprint density at radius 3 is 2.08 bits per heavy atom. The second kappa shape index (κ2) is 12.5. The van der Waals surface area contributed by atoms with E-state index in [1.54, 1.807) is 4.90 Å². The summed E-state index contributed by atoms with van der Waals surface area (Å²) in [6.45, 7) is 1.35. The van der Waals surface area contributed by atoms with Crippen LogP contribution < -0.4 is 4.74 Å². The number of ether oxygens (including phenoxy) is 3. The molecule has 0 unspecified atom stereocenters. The summed E-state index contributed by atoms with van der Waals surface area (Å²) in [7, 11) is 0. The predicted molar refractivity (Wildman–Crippen MR) is 134 cm³/mol. The molecule has 1 atom stereocenters. The predicted octanol–water partition coefficient (Wildman–Crippen LogP) is 4.63. The van der Waals surface area contributed by atoms with Gasteiger partial charge in [0.15, 0.2) is 0 Å². The fraction of sp³-hybridized carbons (Fsp3) is 0.259. The van der Waals surface area contributed by atoms with Gasteiger partial charge in [-0.1, -0.05) is 60.7 Å². The lowest BCUT2D eigenvalue weighted by Crippen LogP contribution is -2.58. The van der Waals surface area contributed by atoms with Crippen molar-refractivity contribution in [1.29, 1.82) is 0 Å². The Labute approximate surface area is 214 Å². The van der Waals surface area contributed by atoms with Gasteiger partial charge in [0.1, 0.15) is 12.4 Å². The minimum Gasteiger partial charge on any atom is -0.445 e. The molecule has 0 radical (unpaired) electrons. The molecule has 10 heteroatoms. The first-order valence-corrected chi connectivity index (χ1v) is 11.8. The van der Waals surface area contributed by atoms with Crippen molar-refractivity contribution in [2.24, 2.45) is 0 Å². The molecule has 1 fully saturated rings.